The SMILES string of the molecule is COc1ccc2c(c1)[C@H](CO)c1ccc(Cl)cc1N2. The second-order valence-electron chi connectivity index (χ2n) is 4.54. The summed E-state index contributed by atoms with van der Waals surface area (Å²) in [5.74, 6) is 0.732. The number of hydrogen-bond donors (Lipinski definition) is 2. The van der Waals surface area contributed by atoms with Crippen LogP contribution in [0.1, 0.15) is 17.0 Å². The summed E-state index contributed by atoms with van der Waals surface area (Å²) in [6, 6.07) is 11.5. The van der Waals surface area contributed by atoms with E-state index in [0.29, 0.717) is 5.02 Å². The molecule has 0 bridgehead atoms. The molecule has 2 aromatic rings. The van der Waals surface area contributed by atoms with E-state index in [0.717, 1.165) is 28.3 Å². The van der Waals surface area contributed by atoms with Crippen molar-refractivity contribution < 1.29 is 9.84 Å². The van der Waals surface area contributed by atoms with E-state index in [1.54, 1.807) is 7.11 Å². The second kappa shape index (κ2) is 4.76. The average Bonchev–Trinajstić information content (AvgIpc) is 2.44. The van der Waals surface area contributed by atoms with Crippen LogP contribution in [-0.4, -0.2) is 18.8 Å². The van der Waals surface area contributed by atoms with Gasteiger partial charge in [-0.25, -0.2) is 0 Å². The summed E-state index contributed by atoms with van der Waals surface area (Å²) in [6.07, 6.45) is 0. The van der Waals surface area contributed by atoms with Crippen molar-refractivity contribution >= 4 is 23.0 Å². The Morgan fingerprint density at radius 2 is 2.00 bits per heavy atom. The van der Waals surface area contributed by atoms with Gasteiger partial charge in [-0.15, -0.1) is 0 Å². The number of aliphatic hydroxyl groups is 1. The van der Waals surface area contributed by atoms with Crippen molar-refractivity contribution in [1.29, 1.82) is 0 Å². The molecule has 0 saturated carbocycles. The first kappa shape index (κ1) is 12.3. The molecular formula is C15H14ClNO2. The van der Waals surface area contributed by atoms with Crippen molar-refractivity contribution in [3.05, 3.63) is 52.5 Å². The Labute approximate surface area is 116 Å². The molecular weight excluding hydrogens is 262 g/mol. The number of rotatable bonds is 2. The Hall–Kier alpha value is -1.71. The van der Waals surface area contributed by atoms with E-state index < -0.39 is 0 Å². The van der Waals surface area contributed by atoms with E-state index in [4.69, 9.17) is 16.3 Å². The van der Waals surface area contributed by atoms with Crippen molar-refractivity contribution in [1.82, 2.24) is 0 Å². The lowest BCUT2D eigenvalue weighted by molar-refractivity contribution is 0.280. The molecule has 3 nitrogen and oxygen atoms in total. The molecule has 0 radical (unpaired) electrons. The number of ether oxygens (including phenoxy) is 1. The molecule has 0 unspecified atom stereocenters. The van der Waals surface area contributed by atoms with Crippen molar-refractivity contribution in [3.63, 3.8) is 0 Å². The largest absolute Gasteiger partial charge is 0.497 e. The monoisotopic (exact) mass is 275 g/mol. The number of fused-ring (bicyclic) bond motifs is 2. The summed E-state index contributed by atoms with van der Waals surface area (Å²) in [5, 5.41) is 13.7. The lowest BCUT2D eigenvalue weighted by atomic mass is 9.86. The highest BCUT2D eigenvalue weighted by atomic mass is 35.5. The minimum Gasteiger partial charge on any atom is -0.497 e. The lowest BCUT2D eigenvalue weighted by Crippen LogP contribution is -2.15. The van der Waals surface area contributed by atoms with Crippen LogP contribution in [0.2, 0.25) is 5.02 Å². The maximum Gasteiger partial charge on any atom is 0.119 e. The summed E-state index contributed by atoms with van der Waals surface area (Å²) in [6.45, 7) is 0.0521. The summed E-state index contributed by atoms with van der Waals surface area (Å²) < 4.78 is 5.25. The predicted molar refractivity (Wildman–Crippen MR) is 76.7 cm³/mol. The fraction of sp³-hybridized carbons (Fsp3) is 0.200. The third-order valence-electron chi connectivity index (χ3n) is 3.48. The van der Waals surface area contributed by atoms with Gasteiger partial charge in [-0.05, 0) is 41.5 Å². The number of halogens is 1. The summed E-state index contributed by atoms with van der Waals surface area (Å²) in [7, 11) is 1.64. The Morgan fingerprint density at radius 3 is 2.74 bits per heavy atom. The highest BCUT2D eigenvalue weighted by Gasteiger charge is 2.25. The summed E-state index contributed by atoms with van der Waals surface area (Å²) >= 11 is 6.02. The van der Waals surface area contributed by atoms with E-state index in [1.807, 2.05) is 36.4 Å². The van der Waals surface area contributed by atoms with Crippen LogP contribution in [0.4, 0.5) is 11.4 Å². The highest BCUT2D eigenvalue weighted by molar-refractivity contribution is 6.30. The van der Waals surface area contributed by atoms with Crippen molar-refractivity contribution in [2.45, 2.75) is 5.92 Å². The zero-order valence-electron chi connectivity index (χ0n) is 10.5. The van der Waals surface area contributed by atoms with Crippen molar-refractivity contribution in [2.24, 2.45) is 0 Å². The third-order valence-corrected chi connectivity index (χ3v) is 3.71. The summed E-state index contributed by atoms with van der Waals surface area (Å²) in [5.41, 5.74) is 4.02. The first-order valence-electron chi connectivity index (χ1n) is 6.08. The van der Waals surface area contributed by atoms with Gasteiger partial charge in [0.05, 0.1) is 13.7 Å². The van der Waals surface area contributed by atoms with Crippen molar-refractivity contribution in [3.8, 4) is 5.75 Å². The molecule has 0 aromatic heterocycles. The van der Waals surface area contributed by atoms with Crippen LogP contribution in [0.15, 0.2) is 36.4 Å². The van der Waals surface area contributed by atoms with Gasteiger partial charge >= 0.3 is 0 Å². The molecule has 0 amide bonds. The van der Waals surface area contributed by atoms with Gasteiger partial charge in [0.25, 0.3) is 0 Å². The van der Waals surface area contributed by atoms with Crippen LogP contribution in [0.3, 0.4) is 0 Å². The molecule has 0 fully saturated rings. The van der Waals surface area contributed by atoms with Gasteiger partial charge in [-0.1, -0.05) is 17.7 Å². The zero-order valence-corrected chi connectivity index (χ0v) is 11.2. The topological polar surface area (TPSA) is 41.5 Å². The van der Waals surface area contributed by atoms with Crippen molar-refractivity contribution in [2.75, 3.05) is 19.0 Å². The number of aliphatic hydroxyl groups excluding tert-OH is 1. The van der Waals surface area contributed by atoms with Crippen LogP contribution in [0, 0.1) is 0 Å². The molecule has 2 aromatic carbocycles. The van der Waals surface area contributed by atoms with E-state index in [2.05, 4.69) is 5.32 Å². The molecule has 19 heavy (non-hydrogen) atoms. The Morgan fingerprint density at radius 1 is 1.16 bits per heavy atom. The molecule has 1 atom stereocenters. The van der Waals surface area contributed by atoms with Crippen LogP contribution in [-0.2, 0) is 0 Å². The smallest absolute Gasteiger partial charge is 0.119 e. The van der Waals surface area contributed by atoms with Gasteiger partial charge in [0.2, 0.25) is 0 Å². The second-order valence-corrected chi connectivity index (χ2v) is 4.98. The van der Waals surface area contributed by atoms with Crippen LogP contribution < -0.4 is 10.1 Å². The Balaban J connectivity index is 2.14. The van der Waals surface area contributed by atoms with E-state index >= 15 is 0 Å². The first-order chi connectivity index (χ1) is 9.22. The van der Waals surface area contributed by atoms with Crippen LogP contribution in [0.5, 0.6) is 5.75 Å². The van der Waals surface area contributed by atoms with Gasteiger partial charge < -0.3 is 15.2 Å². The van der Waals surface area contributed by atoms with E-state index in [1.165, 1.54) is 0 Å². The molecule has 4 heteroatoms. The predicted octanol–water partition coefficient (Wildman–Crippen LogP) is 3.53. The molecule has 1 heterocycles. The Bertz CT molecular complexity index is 628. The van der Waals surface area contributed by atoms with Crippen LogP contribution in [0.25, 0.3) is 0 Å². The van der Waals surface area contributed by atoms with Gasteiger partial charge in [-0.3, -0.25) is 0 Å². The minimum atomic E-state index is -0.0568. The highest BCUT2D eigenvalue weighted by Crippen LogP contribution is 2.43. The average molecular weight is 276 g/mol. The molecule has 98 valence electrons. The standard InChI is InChI=1S/C15H14ClNO2/c1-19-10-3-5-14-12(7-10)13(8-18)11-4-2-9(16)6-15(11)17-14/h2-7,13,17-18H,8H2,1H3/t13-/m1/s1. The fourth-order valence-corrected chi connectivity index (χ4v) is 2.69. The molecule has 3 rings (SSSR count). The van der Waals surface area contributed by atoms with E-state index in [9.17, 15) is 5.11 Å². The third kappa shape index (κ3) is 2.05. The first-order valence-corrected chi connectivity index (χ1v) is 6.46. The van der Waals surface area contributed by atoms with Gasteiger partial charge in [0, 0.05) is 22.3 Å². The fourth-order valence-electron chi connectivity index (χ4n) is 2.52. The number of benzene rings is 2. The van der Waals surface area contributed by atoms with E-state index in [-0.39, 0.29) is 12.5 Å². The molecule has 0 saturated heterocycles. The normalized spacial score (nSPS) is 16.3. The molecule has 1 aliphatic rings. The van der Waals surface area contributed by atoms with Gasteiger partial charge in [-0.2, -0.15) is 0 Å². The minimum absolute atomic E-state index is 0.0521. The number of nitrogens with one attached hydrogen (secondary N) is 1. The number of hydrogen-bond acceptors (Lipinski definition) is 3. The Kier molecular flexibility index (Phi) is 3.09. The number of methoxy groups -OCH3 is 1. The molecule has 0 spiro atoms. The van der Waals surface area contributed by atoms with Gasteiger partial charge in [0.15, 0.2) is 0 Å². The molecule has 1 aliphatic heterocycles. The molecule has 2 N–H and O–H groups in total. The summed E-state index contributed by atoms with van der Waals surface area (Å²) in [4.78, 5) is 0. The quantitative estimate of drug-likeness (QED) is 0.881. The maximum absolute atomic E-state index is 9.72. The molecule has 0 aliphatic carbocycles. The zero-order chi connectivity index (χ0) is 13.4. The number of anilines is 2. The lowest BCUT2D eigenvalue weighted by Gasteiger charge is -2.28. The van der Waals surface area contributed by atoms with Gasteiger partial charge in [0.1, 0.15) is 5.75 Å². The van der Waals surface area contributed by atoms with Crippen LogP contribution >= 0.6 is 11.6 Å². The maximum atomic E-state index is 9.72.